The van der Waals surface area contributed by atoms with Gasteiger partial charge in [-0.25, -0.2) is 0 Å². The van der Waals surface area contributed by atoms with Gasteiger partial charge in [0, 0.05) is 32.9 Å². The lowest BCUT2D eigenvalue weighted by atomic mass is 10.0. The van der Waals surface area contributed by atoms with Crippen molar-refractivity contribution in [1.29, 1.82) is 0 Å². The summed E-state index contributed by atoms with van der Waals surface area (Å²) in [6.45, 7) is 5.96. The zero-order valence-corrected chi connectivity index (χ0v) is 25.2. The van der Waals surface area contributed by atoms with Crippen molar-refractivity contribution in [2.75, 3.05) is 0 Å². The molecule has 0 amide bonds. The summed E-state index contributed by atoms with van der Waals surface area (Å²) >= 11 is 0. The number of nitrogens with zero attached hydrogens (tertiary/aromatic N) is 2. The molecule has 6 aromatic carbocycles. The van der Waals surface area contributed by atoms with E-state index >= 15 is 0 Å². The Morgan fingerprint density at radius 3 is 1.42 bits per heavy atom. The summed E-state index contributed by atoms with van der Waals surface area (Å²) in [7, 11) is 0. The van der Waals surface area contributed by atoms with E-state index in [1.54, 1.807) is 0 Å². The minimum absolute atomic E-state index is 1.15. The molecule has 0 spiro atoms. The van der Waals surface area contributed by atoms with Crippen LogP contribution < -0.4 is 0 Å². The Bertz CT molecular complexity index is 2370. The second kappa shape index (κ2) is 11.0. The second-order valence-electron chi connectivity index (χ2n) is 11.4. The van der Waals surface area contributed by atoms with Crippen LogP contribution in [0, 0.1) is 0 Å². The summed E-state index contributed by atoms with van der Waals surface area (Å²) in [5.74, 6) is 0. The predicted octanol–water partition coefficient (Wildman–Crippen LogP) is 11.7. The molecule has 0 unspecified atom stereocenters. The predicted molar refractivity (Wildman–Crippen MR) is 194 cm³/mol. The van der Waals surface area contributed by atoms with Crippen LogP contribution in [0.15, 0.2) is 170 Å². The van der Waals surface area contributed by atoms with Crippen LogP contribution in [0.3, 0.4) is 0 Å². The third-order valence-electron chi connectivity index (χ3n) is 8.81. The molecule has 2 aromatic heterocycles. The minimum atomic E-state index is 1.15. The van der Waals surface area contributed by atoms with Crippen molar-refractivity contribution in [3.63, 3.8) is 0 Å². The van der Waals surface area contributed by atoms with Gasteiger partial charge in [0.05, 0.1) is 22.1 Å². The Hall–Kier alpha value is -5.86. The third kappa shape index (κ3) is 4.42. The number of aromatic nitrogens is 2. The fraction of sp³-hybridized carbons (Fsp3) is 0.0233. The summed E-state index contributed by atoms with van der Waals surface area (Å²) in [6.07, 6.45) is 8.12. The van der Waals surface area contributed by atoms with Gasteiger partial charge in [0.25, 0.3) is 0 Å². The molecule has 2 heteroatoms. The lowest BCUT2D eigenvalue weighted by molar-refractivity contribution is 1.18. The lowest BCUT2D eigenvalue weighted by Gasteiger charge is -2.11. The van der Waals surface area contributed by atoms with Crippen molar-refractivity contribution in [3.8, 4) is 22.5 Å². The third-order valence-corrected chi connectivity index (χ3v) is 8.81. The number of para-hydroxylation sites is 3. The smallest absolute Gasteiger partial charge is 0.0541 e. The minimum Gasteiger partial charge on any atom is -0.309 e. The van der Waals surface area contributed by atoms with E-state index in [9.17, 15) is 0 Å². The van der Waals surface area contributed by atoms with Crippen molar-refractivity contribution in [2.24, 2.45) is 0 Å². The number of hydrogen-bond acceptors (Lipinski definition) is 0. The van der Waals surface area contributed by atoms with E-state index in [0.717, 1.165) is 16.9 Å². The Morgan fingerprint density at radius 2 is 0.956 bits per heavy atom. The monoisotopic (exact) mass is 576 g/mol. The first-order chi connectivity index (χ1) is 22.2. The quantitative estimate of drug-likeness (QED) is 0.174. The zero-order valence-electron chi connectivity index (χ0n) is 25.2. The molecule has 0 aliphatic carbocycles. The number of fused-ring (bicyclic) bond motifs is 6. The molecule has 214 valence electrons. The van der Waals surface area contributed by atoms with Gasteiger partial charge >= 0.3 is 0 Å². The number of rotatable bonds is 6. The van der Waals surface area contributed by atoms with E-state index in [4.69, 9.17) is 0 Å². The van der Waals surface area contributed by atoms with E-state index < -0.39 is 0 Å². The van der Waals surface area contributed by atoms with Gasteiger partial charge in [-0.15, -0.1) is 0 Å². The molecule has 0 atom stereocenters. The van der Waals surface area contributed by atoms with Crippen molar-refractivity contribution in [2.45, 2.75) is 6.92 Å². The molecule has 0 saturated carbocycles. The van der Waals surface area contributed by atoms with Gasteiger partial charge in [0.15, 0.2) is 0 Å². The Labute approximate surface area is 263 Å². The fourth-order valence-corrected chi connectivity index (χ4v) is 6.79. The van der Waals surface area contributed by atoms with Gasteiger partial charge in [0.1, 0.15) is 0 Å². The molecule has 0 fully saturated rings. The van der Waals surface area contributed by atoms with E-state index in [1.807, 2.05) is 13.0 Å². The van der Waals surface area contributed by atoms with Crippen molar-refractivity contribution < 1.29 is 0 Å². The van der Waals surface area contributed by atoms with Gasteiger partial charge in [0.2, 0.25) is 0 Å². The van der Waals surface area contributed by atoms with Crippen LogP contribution in [-0.2, 0) is 0 Å². The molecular formula is C43H32N2. The van der Waals surface area contributed by atoms with Gasteiger partial charge in [-0.2, -0.15) is 0 Å². The van der Waals surface area contributed by atoms with Crippen LogP contribution >= 0.6 is 0 Å². The van der Waals surface area contributed by atoms with Crippen LogP contribution in [0.1, 0.15) is 12.5 Å². The fourth-order valence-electron chi connectivity index (χ4n) is 6.79. The van der Waals surface area contributed by atoms with Crippen molar-refractivity contribution in [1.82, 2.24) is 9.13 Å². The topological polar surface area (TPSA) is 9.86 Å². The maximum absolute atomic E-state index is 3.92. The van der Waals surface area contributed by atoms with Crippen LogP contribution in [0.2, 0.25) is 0 Å². The van der Waals surface area contributed by atoms with Gasteiger partial charge < -0.3 is 9.13 Å². The molecule has 0 bridgehead atoms. The molecule has 8 rings (SSSR count). The summed E-state index contributed by atoms with van der Waals surface area (Å²) in [4.78, 5) is 0. The maximum Gasteiger partial charge on any atom is 0.0541 e. The average Bonchev–Trinajstić information content (AvgIpc) is 3.61. The number of benzene rings is 6. The highest BCUT2D eigenvalue weighted by Crippen LogP contribution is 2.36. The molecule has 45 heavy (non-hydrogen) atoms. The first-order valence-electron chi connectivity index (χ1n) is 15.4. The van der Waals surface area contributed by atoms with E-state index in [0.29, 0.717) is 0 Å². The Morgan fingerprint density at radius 1 is 0.511 bits per heavy atom. The highest BCUT2D eigenvalue weighted by Gasteiger charge is 2.14. The van der Waals surface area contributed by atoms with Crippen LogP contribution in [0.25, 0.3) is 71.7 Å². The molecule has 0 aliphatic rings. The highest BCUT2D eigenvalue weighted by molar-refractivity contribution is 6.11. The molecule has 0 saturated heterocycles. The standard InChI is InChI=1S/C43H32N2/c1-3-11-30(12-4-2)33-23-28-43-39(29-33)38-15-7-10-18-42(38)45(43)35-26-21-32(22-27-35)31-19-24-34(25-20-31)44-40-16-8-5-13-36(40)37-14-6-9-17-41(37)44/h3-29H,1H2,2H3. The SMILES string of the molecule is C=CC=C(C=CC)c1ccc2c(c1)c1ccccc1n2-c1ccc(-c2ccc(-n3c4ccccc4c4ccccc43)cc2)cc1. The molecule has 0 radical (unpaired) electrons. The first kappa shape index (κ1) is 26.7. The summed E-state index contributed by atoms with van der Waals surface area (Å²) in [5, 5.41) is 5.05. The Kier molecular flexibility index (Phi) is 6.54. The normalized spacial score (nSPS) is 12.2. The number of hydrogen-bond donors (Lipinski definition) is 0. The van der Waals surface area contributed by atoms with E-state index in [2.05, 4.69) is 173 Å². The number of allylic oxidation sites excluding steroid dienone is 5. The molecular weight excluding hydrogens is 544 g/mol. The van der Waals surface area contributed by atoms with Crippen LogP contribution in [-0.4, -0.2) is 9.13 Å². The zero-order chi connectivity index (χ0) is 30.3. The molecule has 0 N–H and O–H groups in total. The van der Waals surface area contributed by atoms with Crippen LogP contribution in [0.4, 0.5) is 0 Å². The summed E-state index contributed by atoms with van der Waals surface area (Å²) < 4.78 is 4.73. The summed E-state index contributed by atoms with van der Waals surface area (Å²) in [6, 6.07) is 50.6. The molecule has 2 nitrogen and oxygen atoms in total. The van der Waals surface area contributed by atoms with Gasteiger partial charge in [-0.05, 0) is 83.8 Å². The van der Waals surface area contributed by atoms with Crippen LogP contribution in [0.5, 0.6) is 0 Å². The van der Waals surface area contributed by atoms with Gasteiger partial charge in [-0.3, -0.25) is 0 Å². The highest BCUT2D eigenvalue weighted by atomic mass is 15.0. The van der Waals surface area contributed by atoms with E-state index in [-0.39, 0.29) is 0 Å². The molecule has 2 heterocycles. The van der Waals surface area contributed by atoms with E-state index in [1.165, 1.54) is 60.3 Å². The lowest BCUT2D eigenvalue weighted by Crippen LogP contribution is -1.95. The van der Waals surface area contributed by atoms with Crippen molar-refractivity contribution >= 4 is 49.2 Å². The largest absolute Gasteiger partial charge is 0.309 e. The first-order valence-corrected chi connectivity index (χ1v) is 15.4. The average molecular weight is 577 g/mol. The van der Waals surface area contributed by atoms with Crippen molar-refractivity contribution in [3.05, 3.63) is 176 Å². The van der Waals surface area contributed by atoms with Gasteiger partial charge in [-0.1, -0.05) is 116 Å². The summed E-state index contributed by atoms with van der Waals surface area (Å²) in [5.41, 5.74) is 11.9. The molecule has 8 aromatic rings. The molecule has 0 aliphatic heterocycles. The Balaban J connectivity index is 1.17. The second-order valence-corrected chi connectivity index (χ2v) is 11.4. The maximum atomic E-state index is 3.92.